The van der Waals surface area contributed by atoms with Crippen LogP contribution >= 0.6 is 0 Å². The van der Waals surface area contributed by atoms with E-state index in [0.29, 0.717) is 28.3 Å². The average molecular weight is 434 g/mol. The van der Waals surface area contributed by atoms with Gasteiger partial charge in [-0.2, -0.15) is 0 Å². The summed E-state index contributed by atoms with van der Waals surface area (Å²) in [5.41, 5.74) is 2.03. The van der Waals surface area contributed by atoms with Crippen molar-refractivity contribution in [2.24, 2.45) is 5.92 Å². The minimum Gasteiger partial charge on any atom is -0.322 e. The minimum atomic E-state index is -3.67. The van der Waals surface area contributed by atoms with E-state index in [4.69, 9.17) is 0 Å². The molecule has 8 heteroatoms. The summed E-state index contributed by atoms with van der Waals surface area (Å²) in [5, 5.41) is 6.06. The molecule has 0 aliphatic carbocycles. The molecule has 2 aromatic rings. The number of piperidine rings is 1. The molecule has 1 heterocycles. The number of amides is 1. The monoisotopic (exact) mass is 433 g/mol. The largest absolute Gasteiger partial charge is 0.322 e. The van der Waals surface area contributed by atoms with Crippen molar-refractivity contribution in [1.29, 1.82) is 0 Å². The molecule has 0 aromatic heterocycles. The number of hydrogen-bond donors (Lipinski definition) is 3. The molecule has 2 aromatic carbocycles. The maximum Gasteiger partial charge on any atom is 0.255 e. The lowest BCUT2D eigenvalue weighted by Crippen LogP contribution is -2.42. The van der Waals surface area contributed by atoms with E-state index < -0.39 is 15.8 Å². The van der Waals surface area contributed by atoms with Crippen LogP contribution < -0.4 is 15.4 Å². The average Bonchev–Trinajstić information content (AvgIpc) is 2.69. The highest BCUT2D eigenvalue weighted by molar-refractivity contribution is 7.89. The molecule has 6 nitrogen and oxygen atoms in total. The first-order chi connectivity index (χ1) is 14.2. The highest BCUT2D eigenvalue weighted by Gasteiger charge is 2.25. The van der Waals surface area contributed by atoms with Crippen molar-refractivity contribution in [2.75, 3.05) is 18.4 Å². The second kappa shape index (κ2) is 9.24. The molecule has 0 radical (unpaired) electrons. The lowest BCUT2D eigenvalue weighted by atomic mass is 9.92. The van der Waals surface area contributed by atoms with E-state index in [9.17, 15) is 17.6 Å². The Balaban J connectivity index is 1.73. The molecule has 0 bridgehead atoms. The van der Waals surface area contributed by atoms with Crippen LogP contribution in [0.4, 0.5) is 10.1 Å². The number of halogens is 1. The number of nitrogens with one attached hydrogen (secondary N) is 3. The number of rotatable bonds is 6. The van der Waals surface area contributed by atoms with Crippen LogP contribution in [-0.2, 0) is 10.0 Å². The van der Waals surface area contributed by atoms with E-state index in [0.717, 1.165) is 25.9 Å². The standard InChI is InChI=1S/C22H28FN3O3S/c1-14-12-18(23)4-6-20(14)22(27)25-21-7-5-19(13-15(21)2)30(28,29)26-16(3)17-8-10-24-11-9-17/h4-7,12-13,16-17,24,26H,8-11H2,1-3H3,(H,25,27)/t16-/m1/s1. The van der Waals surface area contributed by atoms with Gasteiger partial charge in [0.05, 0.1) is 4.90 Å². The van der Waals surface area contributed by atoms with Gasteiger partial charge in [0, 0.05) is 17.3 Å². The van der Waals surface area contributed by atoms with Gasteiger partial charge in [-0.25, -0.2) is 17.5 Å². The maximum absolute atomic E-state index is 13.3. The van der Waals surface area contributed by atoms with Crippen molar-refractivity contribution in [3.63, 3.8) is 0 Å². The Kier molecular flexibility index (Phi) is 6.90. The summed E-state index contributed by atoms with van der Waals surface area (Å²) in [5.74, 6) is -0.468. The first kappa shape index (κ1) is 22.4. The van der Waals surface area contributed by atoms with Crippen molar-refractivity contribution in [3.05, 3.63) is 58.9 Å². The maximum atomic E-state index is 13.3. The molecule has 0 unspecified atom stereocenters. The number of hydrogen-bond acceptors (Lipinski definition) is 4. The van der Waals surface area contributed by atoms with Crippen LogP contribution in [0.3, 0.4) is 0 Å². The Morgan fingerprint density at radius 2 is 1.80 bits per heavy atom. The fourth-order valence-electron chi connectivity index (χ4n) is 3.77. The first-order valence-corrected chi connectivity index (χ1v) is 11.6. The summed E-state index contributed by atoms with van der Waals surface area (Å²) in [7, 11) is -3.67. The molecule has 1 fully saturated rings. The van der Waals surface area contributed by atoms with Crippen molar-refractivity contribution >= 4 is 21.6 Å². The summed E-state index contributed by atoms with van der Waals surface area (Å²) in [6.45, 7) is 7.10. The quantitative estimate of drug-likeness (QED) is 0.652. The molecule has 0 saturated carbocycles. The third kappa shape index (κ3) is 5.24. The molecule has 1 aliphatic heterocycles. The Hall–Kier alpha value is -2.29. The van der Waals surface area contributed by atoms with Gasteiger partial charge in [-0.05, 0) is 100 Å². The summed E-state index contributed by atoms with van der Waals surface area (Å²) in [6, 6.07) is 8.42. The van der Waals surface area contributed by atoms with Gasteiger partial charge >= 0.3 is 0 Å². The predicted octanol–water partition coefficient (Wildman–Crippen LogP) is 3.36. The predicted molar refractivity (Wildman–Crippen MR) is 116 cm³/mol. The van der Waals surface area contributed by atoms with Crippen LogP contribution in [0.2, 0.25) is 0 Å². The van der Waals surface area contributed by atoms with Crippen molar-refractivity contribution in [3.8, 4) is 0 Å². The third-order valence-corrected chi connectivity index (χ3v) is 7.18. The lowest BCUT2D eigenvalue weighted by molar-refractivity contribution is 0.102. The van der Waals surface area contributed by atoms with Gasteiger partial charge in [0.25, 0.3) is 5.91 Å². The fraction of sp³-hybridized carbons (Fsp3) is 0.409. The van der Waals surface area contributed by atoms with Gasteiger partial charge in [-0.3, -0.25) is 4.79 Å². The van der Waals surface area contributed by atoms with Gasteiger partial charge in [-0.15, -0.1) is 0 Å². The summed E-state index contributed by atoms with van der Waals surface area (Å²) < 4.78 is 41.7. The number of carbonyl (C=O) groups excluding carboxylic acids is 1. The van der Waals surface area contributed by atoms with E-state index >= 15 is 0 Å². The van der Waals surface area contributed by atoms with Crippen LogP contribution in [0.15, 0.2) is 41.3 Å². The molecule has 30 heavy (non-hydrogen) atoms. The molecule has 1 aliphatic rings. The molecule has 3 N–H and O–H groups in total. The molecule has 0 spiro atoms. The van der Waals surface area contributed by atoms with Gasteiger partial charge in [0.1, 0.15) is 5.82 Å². The number of carbonyl (C=O) groups is 1. The Morgan fingerprint density at radius 1 is 1.10 bits per heavy atom. The van der Waals surface area contributed by atoms with Crippen molar-refractivity contribution in [2.45, 2.75) is 44.6 Å². The zero-order valence-corrected chi connectivity index (χ0v) is 18.3. The molecule has 1 atom stereocenters. The summed E-state index contributed by atoms with van der Waals surface area (Å²) in [6.07, 6.45) is 1.88. The highest BCUT2D eigenvalue weighted by atomic mass is 32.2. The number of sulfonamides is 1. The number of aryl methyl sites for hydroxylation is 2. The second-order valence-corrected chi connectivity index (χ2v) is 9.60. The molecule has 1 amide bonds. The van der Waals surface area contributed by atoms with Crippen molar-refractivity contribution < 1.29 is 17.6 Å². The third-order valence-electron chi connectivity index (χ3n) is 5.62. The van der Waals surface area contributed by atoms with E-state index in [1.54, 1.807) is 26.0 Å². The van der Waals surface area contributed by atoms with Crippen LogP contribution in [0, 0.1) is 25.6 Å². The molecule has 1 saturated heterocycles. The summed E-state index contributed by atoms with van der Waals surface area (Å²) >= 11 is 0. The minimum absolute atomic E-state index is 0.154. The normalized spacial score (nSPS) is 16.3. The van der Waals surface area contributed by atoms with Gasteiger partial charge < -0.3 is 10.6 Å². The topological polar surface area (TPSA) is 87.3 Å². The van der Waals surface area contributed by atoms with Crippen LogP contribution in [0.5, 0.6) is 0 Å². The number of anilines is 1. The fourth-order valence-corrected chi connectivity index (χ4v) is 5.17. The van der Waals surface area contributed by atoms with Gasteiger partial charge in [0.15, 0.2) is 0 Å². The molecular weight excluding hydrogens is 405 g/mol. The molecular formula is C22H28FN3O3S. The van der Waals surface area contributed by atoms with E-state index in [2.05, 4.69) is 15.4 Å². The van der Waals surface area contributed by atoms with Gasteiger partial charge in [0.2, 0.25) is 10.0 Å². The van der Waals surface area contributed by atoms with Gasteiger partial charge in [-0.1, -0.05) is 0 Å². The van der Waals surface area contributed by atoms with Crippen molar-refractivity contribution in [1.82, 2.24) is 10.0 Å². The SMILES string of the molecule is Cc1cc(S(=O)(=O)N[C@H](C)C2CCNCC2)ccc1NC(=O)c1ccc(F)cc1C. The molecule has 3 rings (SSSR count). The zero-order chi connectivity index (χ0) is 21.9. The Labute approximate surface area is 177 Å². The first-order valence-electron chi connectivity index (χ1n) is 10.1. The zero-order valence-electron chi connectivity index (χ0n) is 17.5. The summed E-state index contributed by atoms with van der Waals surface area (Å²) in [4.78, 5) is 12.7. The molecule has 162 valence electrons. The number of benzene rings is 2. The second-order valence-electron chi connectivity index (χ2n) is 7.89. The van der Waals surface area contributed by atoms with Crippen LogP contribution in [0.1, 0.15) is 41.3 Å². The van der Waals surface area contributed by atoms with E-state index in [-0.39, 0.29) is 16.8 Å². The van der Waals surface area contributed by atoms with Crippen LogP contribution in [0.25, 0.3) is 0 Å². The smallest absolute Gasteiger partial charge is 0.255 e. The highest BCUT2D eigenvalue weighted by Crippen LogP contribution is 2.23. The van der Waals surface area contributed by atoms with Crippen LogP contribution in [-0.4, -0.2) is 33.5 Å². The van der Waals surface area contributed by atoms with E-state index in [1.165, 1.54) is 24.3 Å². The lowest BCUT2D eigenvalue weighted by Gasteiger charge is -2.28. The Bertz CT molecular complexity index is 1030. The van der Waals surface area contributed by atoms with E-state index in [1.807, 2.05) is 6.92 Å². The Morgan fingerprint density at radius 3 is 2.43 bits per heavy atom.